The molecule has 2 aliphatic rings. The minimum atomic E-state index is -4.75. The first-order valence-corrected chi connectivity index (χ1v) is 6.22. The van der Waals surface area contributed by atoms with Crippen molar-refractivity contribution in [2.24, 2.45) is 5.73 Å². The summed E-state index contributed by atoms with van der Waals surface area (Å²) in [6.07, 6.45) is 0.725. The third kappa shape index (κ3) is 2.95. The predicted molar refractivity (Wildman–Crippen MR) is 59.7 cm³/mol. The Morgan fingerprint density at radius 2 is 2.06 bits per heavy atom. The molecule has 11 heteroatoms. The van der Waals surface area contributed by atoms with E-state index in [9.17, 15) is 18.0 Å². The van der Waals surface area contributed by atoms with E-state index in [-0.39, 0.29) is 36.1 Å². The van der Waals surface area contributed by atoms with Crippen molar-refractivity contribution in [3.8, 4) is 0 Å². The first-order valence-electron chi connectivity index (χ1n) is 4.86. The van der Waals surface area contributed by atoms with E-state index in [1.54, 1.807) is 0 Å². The van der Waals surface area contributed by atoms with Crippen LogP contribution in [0.15, 0.2) is 0 Å². The zero-order valence-corrected chi connectivity index (χ0v) is 9.46. The fourth-order valence-electron chi connectivity index (χ4n) is 2.13. The number of hydrogen-bond acceptors (Lipinski definition) is 5. The van der Waals surface area contributed by atoms with Gasteiger partial charge in [0.2, 0.25) is 5.91 Å². The van der Waals surface area contributed by atoms with E-state index in [1.807, 2.05) is 0 Å². The zero-order valence-electron chi connectivity index (χ0n) is 8.64. The van der Waals surface area contributed by atoms with Crippen LogP contribution in [0.3, 0.4) is 0 Å². The van der Waals surface area contributed by atoms with Crippen LogP contribution in [-0.4, -0.2) is 83.1 Å². The molecule has 0 spiro atoms. The molecule has 0 radical (unpaired) electrons. The first kappa shape index (κ1) is 15.7. The molecule has 2 aliphatic heterocycles. The molecule has 98 valence electrons. The van der Waals surface area contributed by atoms with Gasteiger partial charge in [-0.25, -0.2) is 4.79 Å². The molecular formula is C7H12N3NaO6S. The summed E-state index contributed by atoms with van der Waals surface area (Å²) >= 11 is 0. The molecule has 0 aromatic rings. The van der Waals surface area contributed by atoms with Gasteiger partial charge in [0.1, 0.15) is 6.04 Å². The maximum absolute atomic E-state index is 11.7. The van der Waals surface area contributed by atoms with E-state index in [4.69, 9.17) is 10.3 Å². The van der Waals surface area contributed by atoms with Crippen molar-refractivity contribution in [1.82, 2.24) is 9.96 Å². The average Bonchev–Trinajstić information content (AvgIpc) is 2.42. The topological polar surface area (TPSA) is 130 Å². The summed E-state index contributed by atoms with van der Waals surface area (Å²) in [6, 6.07) is -2.04. The number of urea groups is 1. The Bertz CT molecular complexity index is 468. The first-order chi connectivity index (χ1) is 7.79. The fourth-order valence-corrected chi connectivity index (χ4v) is 2.52. The Kier molecular flexibility index (Phi) is 4.62. The third-order valence-corrected chi connectivity index (χ3v) is 3.17. The monoisotopic (exact) mass is 289 g/mol. The van der Waals surface area contributed by atoms with Gasteiger partial charge < -0.3 is 10.6 Å². The van der Waals surface area contributed by atoms with Crippen molar-refractivity contribution in [3.05, 3.63) is 0 Å². The van der Waals surface area contributed by atoms with Gasteiger partial charge in [-0.1, -0.05) is 0 Å². The van der Waals surface area contributed by atoms with E-state index in [0.29, 0.717) is 17.9 Å². The van der Waals surface area contributed by atoms with Crippen LogP contribution < -0.4 is 5.73 Å². The molecule has 18 heavy (non-hydrogen) atoms. The molecular weight excluding hydrogens is 277 g/mol. The van der Waals surface area contributed by atoms with Gasteiger partial charge in [0.05, 0.1) is 6.04 Å². The van der Waals surface area contributed by atoms with Gasteiger partial charge in [0.25, 0.3) is 0 Å². The molecule has 2 unspecified atom stereocenters. The summed E-state index contributed by atoms with van der Waals surface area (Å²) in [5.41, 5.74) is 5.13. The average molecular weight is 289 g/mol. The van der Waals surface area contributed by atoms with Crippen molar-refractivity contribution in [2.75, 3.05) is 6.54 Å². The Morgan fingerprint density at radius 1 is 1.44 bits per heavy atom. The number of hydrogen-bond donors (Lipinski definition) is 2. The molecule has 9 nitrogen and oxygen atoms in total. The second-order valence-corrected chi connectivity index (χ2v) is 4.92. The maximum atomic E-state index is 11.7. The molecule has 0 saturated carbocycles. The number of primary amides is 1. The number of carbonyl (C=O) groups excluding carboxylic acids is 2. The number of hydroxylamine groups is 2. The SMILES string of the molecule is NC(=O)C1CCC2CN1C(=O)N2OS(=O)(=O)O.[NaH]. The summed E-state index contributed by atoms with van der Waals surface area (Å²) in [5, 5.41) is 0.568. The van der Waals surface area contributed by atoms with E-state index in [1.165, 1.54) is 0 Å². The number of carbonyl (C=O) groups is 2. The zero-order chi connectivity index (χ0) is 12.8. The number of nitrogens with zero attached hydrogens (tertiary/aromatic N) is 2. The van der Waals surface area contributed by atoms with Crippen LogP contribution in [-0.2, 0) is 19.5 Å². The van der Waals surface area contributed by atoms with E-state index in [0.717, 1.165) is 4.90 Å². The van der Waals surface area contributed by atoms with Crippen molar-refractivity contribution >= 4 is 51.9 Å². The molecule has 2 saturated heterocycles. The summed E-state index contributed by atoms with van der Waals surface area (Å²) < 4.78 is 33.8. The van der Waals surface area contributed by atoms with Crippen LogP contribution in [0, 0.1) is 0 Å². The summed E-state index contributed by atoms with van der Waals surface area (Å²) in [6.45, 7) is 0.155. The fraction of sp³-hybridized carbons (Fsp3) is 0.714. The van der Waals surface area contributed by atoms with Crippen molar-refractivity contribution in [1.29, 1.82) is 0 Å². The quantitative estimate of drug-likeness (QED) is 0.449. The normalized spacial score (nSPS) is 27.1. The Morgan fingerprint density at radius 3 is 2.56 bits per heavy atom. The van der Waals surface area contributed by atoms with Crippen LogP contribution in [0.4, 0.5) is 4.79 Å². The molecule has 3 amide bonds. The van der Waals surface area contributed by atoms with Crippen LogP contribution in [0.1, 0.15) is 12.8 Å². The van der Waals surface area contributed by atoms with E-state index >= 15 is 0 Å². The molecule has 2 rings (SSSR count). The molecule has 2 bridgehead atoms. The summed E-state index contributed by atoms with van der Waals surface area (Å²) in [7, 11) is -4.75. The molecule has 2 atom stereocenters. The van der Waals surface area contributed by atoms with Crippen LogP contribution in [0.25, 0.3) is 0 Å². The number of amides is 3. The van der Waals surface area contributed by atoms with Crippen molar-refractivity contribution in [2.45, 2.75) is 24.9 Å². The standard InChI is InChI=1S/C7H11N3O6S.Na.H/c8-6(11)5-2-1-4-3-9(5)7(12)10(4)16-17(13,14)15;;/h4-5H,1-3H2,(H2,8,11)(H,13,14,15);;. The molecule has 0 aliphatic carbocycles. The van der Waals surface area contributed by atoms with Crippen LogP contribution in [0.2, 0.25) is 0 Å². The molecule has 2 fully saturated rings. The predicted octanol–water partition coefficient (Wildman–Crippen LogP) is -2.17. The Balaban J connectivity index is 0.00000162. The van der Waals surface area contributed by atoms with E-state index < -0.39 is 34.4 Å². The Hall–Kier alpha value is -0.390. The number of nitrogens with two attached hydrogens (primary N) is 1. The molecule has 0 aromatic carbocycles. The van der Waals surface area contributed by atoms with Crippen molar-refractivity contribution < 1.29 is 26.8 Å². The number of fused-ring (bicyclic) bond motifs is 2. The van der Waals surface area contributed by atoms with Gasteiger partial charge in [0, 0.05) is 6.54 Å². The van der Waals surface area contributed by atoms with Gasteiger partial charge in [-0.15, -0.1) is 4.28 Å². The molecule has 2 heterocycles. The van der Waals surface area contributed by atoms with Crippen LogP contribution in [0.5, 0.6) is 0 Å². The number of rotatable bonds is 3. The van der Waals surface area contributed by atoms with Crippen LogP contribution >= 0.6 is 0 Å². The van der Waals surface area contributed by atoms with Gasteiger partial charge >= 0.3 is 46.0 Å². The number of piperidine rings is 1. The minimum absolute atomic E-state index is 0. The molecule has 3 N–H and O–H groups in total. The van der Waals surface area contributed by atoms with Crippen molar-refractivity contribution in [3.63, 3.8) is 0 Å². The summed E-state index contributed by atoms with van der Waals surface area (Å²) in [4.78, 5) is 23.9. The van der Waals surface area contributed by atoms with Gasteiger partial charge in [-0.3, -0.25) is 9.35 Å². The molecule has 0 aromatic heterocycles. The third-order valence-electron chi connectivity index (χ3n) is 2.83. The summed E-state index contributed by atoms with van der Waals surface area (Å²) in [5.74, 6) is -0.648. The second-order valence-electron chi connectivity index (χ2n) is 3.91. The van der Waals surface area contributed by atoms with E-state index in [2.05, 4.69) is 4.28 Å². The van der Waals surface area contributed by atoms with Gasteiger partial charge in [0.15, 0.2) is 0 Å². The Labute approximate surface area is 125 Å². The van der Waals surface area contributed by atoms with Gasteiger partial charge in [-0.2, -0.15) is 13.5 Å². The van der Waals surface area contributed by atoms with Gasteiger partial charge in [-0.05, 0) is 12.8 Å². The second kappa shape index (κ2) is 5.31.